The molecular formula is C10H9ClN2O2. The lowest BCUT2D eigenvalue weighted by atomic mass is 10.1. The predicted molar refractivity (Wildman–Crippen MR) is 56.7 cm³/mol. The van der Waals surface area contributed by atoms with Crippen LogP contribution >= 0.6 is 11.6 Å². The van der Waals surface area contributed by atoms with Crippen molar-refractivity contribution in [1.29, 1.82) is 0 Å². The van der Waals surface area contributed by atoms with Crippen molar-refractivity contribution < 1.29 is 9.63 Å². The number of carbonyl (C=O) groups excluding carboxylic acids is 1. The molecule has 2 rings (SSSR count). The summed E-state index contributed by atoms with van der Waals surface area (Å²) >= 11 is 5.75. The van der Waals surface area contributed by atoms with E-state index in [1.54, 1.807) is 12.1 Å². The Hall–Kier alpha value is -1.55. The Balaban J connectivity index is 2.14. The van der Waals surface area contributed by atoms with Crippen molar-refractivity contribution in [2.75, 3.05) is 0 Å². The van der Waals surface area contributed by atoms with E-state index in [1.165, 1.54) is 0 Å². The van der Waals surface area contributed by atoms with Crippen LogP contribution in [-0.2, 0) is 9.63 Å². The Bertz CT molecular complexity index is 414. The van der Waals surface area contributed by atoms with Gasteiger partial charge >= 0.3 is 0 Å². The number of halogens is 1. The number of nitrogens with zero attached hydrogens (tertiary/aromatic N) is 1. The van der Waals surface area contributed by atoms with Gasteiger partial charge in [0, 0.05) is 11.4 Å². The molecule has 0 fully saturated rings. The Labute approximate surface area is 91.7 Å². The molecule has 0 aromatic heterocycles. The van der Waals surface area contributed by atoms with Crippen molar-refractivity contribution in [2.45, 2.75) is 12.5 Å². The highest BCUT2D eigenvalue weighted by Crippen LogP contribution is 2.18. The zero-order valence-corrected chi connectivity index (χ0v) is 8.57. The van der Waals surface area contributed by atoms with Crippen LogP contribution < -0.4 is 5.73 Å². The van der Waals surface area contributed by atoms with Crippen LogP contribution in [0.25, 0.3) is 0 Å². The Morgan fingerprint density at radius 3 is 2.67 bits per heavy atom. The Morgan fingerprint density at radius 1 is 1.47 bits per heavy atom. The maximum absolute atomic E-state index is 10.8. The molecule has 78 valence electrons. The molecule has 15 heavy (non-hydrogen) atoms. The van der Waals surface area contributed by atoms with Crippen molar-refractivity contribution in [3.8, 4) is 0 Å². The number of hydrogen-bond donors (Lipinski definition) is 1. The van der Waals surface area contributed by atoms with E-state index < -0.39 is 12.0 Å². The van der Waals surface area contributed by atoms with Crippen molar-refractivity contribution >= 4 is 23.2 Å². The third kappa shape index (κ3) is 2.10. The summed E-state index contributed by atoms with van der Waals surface area (Å²) in [5, 5.41) is 4.47. The highest BCUT2D eigenvalue weighted by molar-refractivity contribution is 6.30. The van der Waals surface area contributed by atoms with Crippen LogP contribution in [0.1, 0.15) is 12.0 Å². The number of hydrogen-bond acceptors (Lipinski definition) is 3. The maximum Gasteiger partial charge on any atom is 0.261 e. The molecule has 1 aromatic carbocycles. The largest absolute Gasteiger partial charge is 0.382 e. The van der Waals surface area contributed by atoms with Gasteiger partial charge in [-0.25, -0.2) is 0 Å². The lowest BCUT2D eigenvalue weighted by Gasteiger charge is -2.01. The van der Waals surface area contributed by atoms with Crippen LogP contribution in [0.2, 0.25) is 5.02 Å². The predicted octanol–water partition coefficient (Wildman–Crippen LogP) is 1.32. The van der Waals surface area contributed by atoms with Crippen molar-refractivity contribution in [3.63, 3.8) is 0 Å². The summed E-state index contributed by atoms with van der Waals surface area (Å²) in [5.41, 5.74) is 6.71. The fourth-order valence-corrected chi connectivity index (χ4v) is 1.47. The summed E-state index contributed by atoms with van der Waals surface area (Å²) in [6.45, 7) is 0. The lowest BCUT2D eigenvalue weighted by molar-refractivity contribution is -0.127. The van der Waals surface area contributed by atoms with Crippen molar-refractivity contribution in [3.05, 3.63) is 34.9 Å². The van der Waals surface area contributed by atoms with Gasteiger partial charge in [-0.2, -0.15) is 0 Å². The fourth-order valence-electron chi connectivity index (χ4n) is 1.34. The van der Waals surface area contributed by atoms with Crippen LogP contribution in [0.15, 0.2) is 29.4 Å². The van der Waals surface area contributed by atoms with Crippen LogP contribution in [0.5, 0.6) is 0 Å². The van der Waals surface area contributed by atoms with Gasteiger partial charge in [-0.15, -0.1) is 0 Å². The number of oxime groups is 1. The molecule has 0 radical (unpaired) electrons. The van der Waals surface area contributed by atoms with E-state index in [4.69, 9.17) is 22.2 Å². The SMILES string of the molecule is NC(=O)C1CC(c2ccc(Cl)cc2)=NO1. The molecule has 1 aliphatic rings. The first-order chi connectivity index (χ1) is 7.16. The van der Waals surface area contributed by atoms with Crippen LogP contribution in [-0.4, -0.2) is 17.7 Å². The minimum atomic E-state index is -0.643. The minimum Gasteiger partial charge on any atom is -0.382 e. The van der Waals surface area contributed by atoms with Gasteiger partial charge in [-0.3, -0.25) is 4.79 Å². The second kappa shape index (κ2) is 3.90. The first-order valence-electron chi connectivity index (χ1n) is 4.45. The van der Waals surface area contributed by atoms with E-state index >= 15 is 0 Å². The van der Waals surface area contributed by atoms with Crippen LogP contribution in [0.3, 0.4) is 0 Å². The second-order valence-electron chi connectivity index (χ2n) is 3.25. The molecule has 0 saturated carbocycles. The van der Waals surface area contributed by atoms with Gasteiger partial charge in [-0.05, 0) is 17.7 Å². The third-order valence-corrected chi connectivity index (χ3v) is 2.42. The monoisotopic (exact) mass is 224 g/mol. The van der Waals surface area contributed by atoms with Gasteiger partial charge in [0.1, 0.15) is 0 Å². The van der Waals surface area contributed by atoms with Gasteiger partial charge in [0.2, 0.25) is 6.10 Å². The molecular weight excluding hydrogens is 216 g/mol. The number of rotatable bonds is 2. The van der Waals surface area contributed by atoms with Gasteiger partial charge < -0.3 is 10.6 Å². The van der Waals surface area contributed by atoms with E-state index in [0.717, 1.165) is 11.3 Å². The third-order valence-electron chi connectivity index (χ3n) is 2.16. The molecule has 0 aliphatic carbocycles. The minimum absolute atomic E-state index is 0.414. The standard InChI is InChI=1S/C10H9ClN2O2/c11-7-3-1-6(2-4-7)8-5-9(10(12)14)15-13-8/h1-4,9H,5H2,(H2,12,14). The maximum atomic E-state index is 10.8. The smallest absolute Gasteiger partial charge is 0.261 e. The molecule has 1 amide bonds. The Kier molecular flexibility index (Phi) is 2.60. The average Bonchev–Trinajstić information content (AvgIpc) is 2.68. The first-order valence-corrected chi connectivity index (χ1v) is 4.82. The first kappa shape index (κ1) is 9.98. The van der Waals surface area contributed by atoms with E-state index in [1.807, 2.05) is 12.1 Å². The average molecular weight is 225 g/mol. The zero-order chi connectivity index (χ0) is 10.8. The molecule has 1 heterocycles. The summed E-state index contributed by atoms with van der Waals surface area (Å²) < 4.78 is 0. The highest BCUT2D eigenvalue weighted by Gasteiger charge is 2.26. The molecule has 1 aliphatic heterocycles. The molecule has 1 unspecified atom stereocenters. The molecule has 5 heteroatoms. The summed E-state index contributed by atoms with van der Waals surface area (Å²) in [5.74, 6) is -0.497. The highest BCUT2D eigenvalue weighted by atomic mass is 35.5. The molecule has 0 bridgehead atoms. The zero-order valence-electron chi connectivity index (χ0n) is 7.81. The number of primary amides is 1. The van der Waals surface area contributed by atoms with E-state index in [9.17, 15) is 4.79 Å². The molecule has 1 atom stereocenters. The second-order valence-corrected chi connectivity index (χ2v) is 3.68. The molecule has 0 saturated heterocycles. The van der Waals surface area contributed by atoms with E-state index in [2.05, 4.69) is 5.16 Å². The quantitative estimate of drug-likeness (QED) is 0.824. The van der Waals surface area contributed by atoms with Crippen molar-refractivity contribution in [1.82, 2.24) is 0 Å². The summed E-state index contributed by atoms with van der Waals surface area (Å²) in [7, 11) is 0. The van der Waals surface area contributed by atoms with Gasteiger partial charge in [0.15, 0.2) is 0 Å². The van der Waals surface area contributed by atoms with E-state index in [-0.39, 0.29) is 0 Å². The molecule has 1 aromatic rings. The lowest BCUT2D eigenvalue weighted by Crippen LogP contribution is -2.28. The number of carbonyl (C=O) groups is 1. The van der Waals surface area contributed by atoms with Crippen molar-refractivity contribution in [2.24, 2.45) is 10.9 Å². The van der Waals surface area contributed by atoms with Gasteiger partial charge in [0.25, 0.3) is 5.91 Å². The summed E-state index contributed by atoms with van der Waals surface area (Å²) in [6.07, 6.45) is -0.229. The number of nitrogens with two attached hydrogens (primary N) is 1. The normalized spacial score (nSPS) is 19.5. The summed E-state index contributed by atoms with van der Waals surface area (Å²) in [4.78, 5) is 15.7. The van der Waals surface area contributed by atoms with Crippen LogP contribution in [0.4, 0.5) is 0 Å². The van der Waals surface area contributed by atoms with Gasteiger partial charge in [0.05, 0.1) is 5.71 Å². The number of benzene rings is 1. The fraction of sp³-hybridized carbons (Fsp3) is 0.200. The Morgan fingerprint density at radius 2 is 2.13 bits per heavy atom. The van der Waals surface area contributed by atoms with E-state index in [0.29, 0.717) is 11.4 Å². The molecule has 4 nitrogen and oxygen atoms in total. The molecule has 0 spiro atoms. The summed E-state index contributed by atoms with van der Waals surface area (Å²) in [6, 6.07) is 7.18. The van der Waals surface area contributed by atoms with Gasteiger partial charge in [-0.1, -0.05) is 28.9 Å². The topological polar surface area (TPSA) is 64.7 Å². The number of amides is 1. The van der Waals surface area contributed by atoms with Crippen LogP contribution in [0, 0.1) is 0 Å². The molecule has 2 N–H and O–H groups in total.